The first-order valence-corrected chi connectivity index (χ1v) is 9.79. The average Bonchev–Trinajstić information content (AvgIpc) is 3.17. The Morgan fingerprint density at radius 3 is 2.23 bits per heavy atom. The summed E-state index contributed by atoms with van der Waals surface area (Å²) in [5, 5.41) is 3.33. The van der Waals surface area contributed by atoms with Gasteiger partial charge in [0.05, 0.1) is 19.8 Å². The molecule has 1 N–H and O–H groups in total. The van der Waals surface area contributed by atoms with Gasteiger partial charge >= 0.3 is 0 Å². The molecule has 156 valence electrons. The number of hydrogen-bond acceptors (Lipinski definition) is 4. The molecule has 0 fully saturated rings. The Balaban J connectivity index is 1.67. The van der Waals surface area contributed by atoms with Crippen molar-refractivity contribution in [1.82, 2.24) is 4.57 Å². The van der Waals surface area contributed by atoms with E-state index in [2.05, 4.69) is 5.32 Å². The van der Waals surface area contributed by atoms with Crippen molar-refractivity contribution in [3.63, 3.8) is 0 Å². The molecule has 0 aliphatic carbocycles. The first-order valence-electron chi connectivity index (χ1n) is 9.79. The summed E-state index contributed by atoms with van der Waals surface area (Å²) in [5.41, 5.74) is 2.79. The molecule has 4 aromatic rings. The zero-order valence-electron chi connectivity index (χ0n) is 17.3. The standard InChI is InChI=1S/C25H22N2O4/c1-30-19-10-8-18(9-11-19)26-25(29)24(28)22-16-27(15-17-6-4-3-5-7-17)23-13-12-20(31-2)14-21(22)23/h3-14,16H,15H2,1-2H3,(H,26,29). The van der Waals surface area contributed by atoms with E-state index in [1.165, 1.54) is 0 Å². The molecule has 0 radical (unpaired) electrons. The Hall–Kier alpha value is -4.06. The molecule has 1 aromatic heterocycles. The zero-order valence-corrected chi connectivity index (χ0v) is 17.3. The number of aromatic nitrogens is 1. The normalized spacial score (nSPS) is 10.6. The van der Waals surface area contributed by atoms with E-state index < -0.39 is 11.7 Å². The highest BCUT2D eigenvalue weighted by Crippen LogP contribution is 2.27. The highest BCUT2D eigenvalue weighted by Gasteiger charge is 2.22. The number of carbonyl (C=O) groups is 2. The monoisotopic (exact) mass is 414 g/mol. The van der Waals surface area contributed by atoms with Crippen LogP contribution in [0.1, 0.15) is 15.9 Å². The highest BCUT2D eigenvalue weighted by atomic mass is 16.5. The summed E-state index contributed by atoms with van der Waals surface area (Å²) in [4.78, 5) is 25.8. The molecule has 0 unspecified atom stereocenters. The lowest BCUT2D eigenvalue weighted by molar-refractivity contribution is -0.112. The molecule has 6 heteroatoms. The Morgan fingerprint density at radius 1 is 0.871 bits per heavy atom. The van der Waals surface area contributed by atoms with Gasteiger partial charge in [0.15, 0.2) is 0 Å². The van der Waals surface area contributed by atoms with Crippen LogP contribution in [0.5, 0.6) is 11.5 Å². The number of carbonyl (C=O) groups excluding carboxylic acids is 2. The summed E-state index contributed by atoms with van der Waals surface area (Å²) in [6.45, 7) is 0.580. The van der Waals surface area contributed by atoms with Gasteiger partial charge in [-0.15, -0.1) is 0 Å². The van der Waals surface area contributed by atoms with Gasteiger partial charge in [-0.2, -0.15) is 0 Å². The van der Waals surface area contributed by atoms with Crippen LogP contribution in [0.15, 0.2) is 79.0 Å². The molecule has 0 atom stereocenters. The van der Waals surface area contributed by atoms with Gasteiger partial charge in [0.2, 0.25) is 0 Å². The van der Waals surface area contributed by atoms with Crippen molar-refractivity contribution in [3.05, 3.63) is 90.1 Å². The van der Waals surface area contributed by atoms with Crippen molar-refractivity contribution in [3.8, 4) is 11.5 Å². The minimum atomic E-state index is -0.702. The molecule has 31 heavy (non-hydrogen) atoms. The zero-order chi connectivity index (χ0) is 21.8. The molecular formula is C25H22N2O4. The van der Waals surface area contributed by atoms with Crippen molar-refractivity contribution in [2.75, 3.05) is 19.5 Å². The smallest absolute Gasteiger partial charge is 0.296 e. The molecule has 0 saturated carbocycles. The first-order chi connectivity index (χ1) is 15.1. The summed E-state index contributed by atoms with van der Waals surface area (Å²) in [5.74, 6) is -0.0254. The largest absolute Gasteiger partial charge is 0.497 e. The van der Waals surface area contributed by atoms with Crippen LogP contribution in [-0.2, 0) is 11.3 Å². The number of Topliss-reactive ketones (excluding diaryl/α,β-unsaturated/α-hetero) is 1. The molecule has 1 heterocycles. The molecule has 6 nitrogen and oxygen atoms in total. The second-order valence-electron chi connectivity index (χ2n) is 7.05. The molecule has 4 rings (SSSR count). The minimum absolute atomic E-state index is 0.329. The van der Waals surface area contributed by atoms with Gasteiger partial charge in [-0.25, -0.2) is 0 Å². The maximum atomic E-state index is 13.1. The first kappa shape index (κ1) is 20.2. The fraction of sp³-hybridized carbons (Fsp3) is 0.120. The summed E-state index contributed by atoms with van der Waals surface area (Å²) in [6, 6.07) is 22.3. The molecule has 3 aromatic carbocycles. The maximum absolute atomic E-state index is 13.1. The number of ketones is 1. The van der Waals surface area contributed by atoms with Gasteiger partial charge in [-0.05, 0) is 48.0 Å². The van der Waals surface area contributed by atoms with E-state index in [0.717, 1.165) is 11.1 Å². The maximum Gasteiger partial charge on any atom is 0.296 e. The van der Waals surface area contributed by atoms with Gasteiger partial charge in [0.25, 0.3) is 11.7 Å². The molecule has 0 aliphatic rings. The number of ether oxygens (including phenoxy) is 2. The van der Waals surface area contributed by atoms with E-state index in [4.69, 9.17) is 9.47 Å². The lowest BCUT2D eigenvalue weighted by atomic mass is 10.1. The van der Waals surface area contributed by atoms with E-state index in [9.17, 15) is 9.59 Å². The Labute approximate surface area is 180 Å². The van der Waals surface area contributed by atoms with Crippen LogP contribution in [0, 0.1) is 0 Å². The highest BCUT2D eigenvalue weighted by molar-refractivity contribution is 6.48. The third-order valence-corrected chi connectivity index (χ3v) is 5.08. The number of amides is 1. The Bertz CT molecular complexity index is 1230. The lowest BCUT2D eigenvalue weighted by Crippen LogP contribution is -2.22. The molecule has 0 spiro atoms. The number of hydrogen-bond donors (Lipinski definition) is 1. The molecule has 1 amide bonds. The van der Waals surface area contributed by atoms with Crippen molar-refractivity contribution in [2.24, 2.45) is 0 Å². The van der Waals surface area contributed by atoms with Crippen molar-refractivity contribution < 1.29 is 19.1 Å². The average molecular weight is 414 g/mol. The fourth-order valence-corrected chi connectivity index (χ4v) is 3.48. The topological polar surface area (TPSA) is 69.6 Å². The molecular weight excluding hydrogens is 392 g/mol. The van der Waals surface area contributed by atoms with Gasteiger partial charge < -0.3 is 19.4 Å². The van der Waals surface area contributed by atoms with E-state index in [1.807, 2.05) is 47.0 Å². The van der Waals surface area contributed by atoms with Crippen LogP contribution in [-0.4, -0.2) is 30.5 Å². The van der Waals surface area contributed by atoms with E-state index >= 15 is 0 Å². The van der Waals surface area contributed by atoms with Crippen molar-refractivity contribution in [1.29, 1.82) is 0 Å². The number of rotatable bonds is 7. The van der Waals surface area contributed by atoms with Crippen LogP contribution in [0.25, 0.3) is 10.9 Å². The minimum Gasteiger partial charge on any atom is -0.497 e. The van der Waals surface area contributed by atoms with Crippen LogP contribution in [0.4, 0.5) is 5.69 Å². The molecule has 0 aliphatic heterocycles. The Kier molecular flexibility index (Phi) is 5.71. The predicted octanol–water partition coefficient (Wildman–Crippen LogP) is 4.53. The number of nitrogens with zero attached hydrogens (tertiary/aromatic N) is 1. The van der Waals surface area contributed by atoms with Gasteiger partial charge in [0, 0.05) is 29.3 Å². The van der Waals surface area contributed by atoms with Crippen LogP contribution < -0.4 is 14.8 Å². The summed E-state index contributed by atoms with van der Waals surface area (Å²) in [7, 11) is 3.14. The Morgan fingerprint density at radius 2 is 1.55 bits per heavy atom. The summed E-state index contributed by atoms with van der Waals surface area (Å²) >= 11 is 0. The predicted molar refractivity (Wildman–Crippen MR) is 120 cm³/mol. The van der Waals surface area contributed by atoms with Crippen LogP contribution >= 0.6 is 0 Å². The van der Waals surface area contributed by atoms with Gasteiger partial charge in [-0.3, -0.25) is 9.59 Å². The second kappa shape index (κ2) is 8.75. The van der Waals surface area contributed by atoms with E-state index in [-0.39, 0.29) is 0 Å². The molecule has 0 saturated heterocycles. The van der Waals surface area contributed by atoms with E-state index in [0.29, 0.717) is 34.7 Å². The van der Waals surface area contributed by atoms with E-state index in [1.54, 1.807) is 50.7 Å². The van der Waals surface area contributed by atoms with Crippen LogP contribution in [0.2, 0.25) is 0 Å². The number of methoxy groups -OCH3 is 2. The summed E-state index contributed by atoms with van der Waals surface area (Å²) < 4.78 is 12.4. The number of nitrogens with one attached hydrogen (secondary N) is 1. The lowest BCUT2D eigenvalue weighted by Gasteiger charge is -2.06. The van der Waals surface area contributed by atoms with Crippen LogP contribution in [0.3, 0.4) is 0 Å². The quantitative estimate of drug-likeness (QED) is 0.356. The van der Waals surface area contributed by atoms with Crippen molar-refractivity contribution in [2.45, 2.75) is 6.54 Å². The third kappa shape index (κ3) is 4.28. The second-order valence-corrected chi connectivity index (χ2v) is 7.05. The van der Waals surface area contributed by atoms with Gasteiger partial charge in [0.1, 0.15) is 11.5 Å². The van der Waals surface area contributed by atoms with Gasteiger partial charge in [-0.1, -0.05) is 30.3 Å². The summed E-state index contributed by atoms with van der Waals surface area (Å²) in [6.07, 6.45) is 1.73. The third-order valence-electron chi connectivity index (χ3n) is 5.08. The number of anilines is 1. The molecule has 0 bridgehead atoms. The number of benzene rings is 3. The SMILES string of the molecule is COc1ccc(NC(=O)C(=O)c2cn(Cc3ccccc3)c3ccc(OC)cc23)cc1. The van der Waals surface area contributed by atoms with Crippen molar-refractivity contribution >= 4 is 28.3 Å². The number of fused-ring (bicyclic) bond motifs is 1. The fourth-order valence-electron chi connectivity index (χ4n) is 3.48.